The Kier molecular flexibility index (Phi) is 4.30. The number of amides is 1. The zero-order valence-corrected chi connectivity index (χ0v) is 9.55. The van der Waals surface area contributed by atoms with E-state index in [9.17, 15) is 13.4 Å². The molecule has 16 heavy (non-hydrogen) atoms. The van der Waals surface area contributed by atoms with Crippen molar-refractivity contribution in [1.29, 1.82) is 0 Å². The van der Waals surface area contributed by atoms with E-state index >= 15 is 0 Å². The molecule has 1 aromatic rings. The largest absolute Gasteiger partial charge is 0.430 e. The first-order chi connectivity index (χ1) is 7.37. The molecule has 3 N–H and O–H groups in total. The summed E-state index contributed by atoms with van der Waals surface area (Å²) in [5.41, 5.74) is 0.370. The highest BCUT2D eigenvalue weighted by Crippen LogP contribution is 2.07. The number of nitrogens with one attached hydrogen (secondary N) is 1. The third-order valence-electron chi connectivity index (χ3n) is 1.47. The molecule has 1 aromatic carbocycles. The van der Waals surface area contributed by atoms with Crippen LogP contribution in [-0.2, 0) is 24.2 Å². The van der Waals surface area contributed by atoms with Crippen LogP contribution in [0.4, 0.5) is 10.1 Å². The second kappa shape index (κ2) is 5.30. The molecule has 8 heteroatoms. The van der Waals surface area contributed by atoms with E-state index in [0.29, 0.717) is 5.69 Å². The molecule has 5 nitrogen and oxygen atoms in total. The molecule has 1 rings (SSSR count). The van der Waals surface area contributed by atoms with Gasteiger partial charge in [-0.2, -0.15) is 4.21 Å². The van der Waals surface area contributed by atoms with Gasteiger partial charge >= 0.3 is 19.4 Å². The maximum Gasteiger partial charge on any atom is 0.430 e. The van der Waals surface area contributed by atoms with E-state index in [4.69, 9.17) is 9.11 Å². The molecule has 0 unspecified atom stereocenters. The summed E-state index contributed by atoms with van der Waals surface area (Å²) in [5.74, 6) is -1.36. The van der Waals surface area contributed by atoms with Gasteiger partial charge < -0.3 is 5.32 Å². The average Bonchev–Trinajstić information content (AvgIpc) is 2.18. The number of hydrogen-bond donors (Lipinski definition) is 3. The number of rotatable bonds is 3. The minimum absolute atomic E-state index is 0.217. The number of hydrogen-bond acceptors (Lipinski definition) is 2. The van der Waals surface area contributed by atoms with Crippen molar-refractivity contribution >= 4 is 31.0 Å². The second-order valence-corrected chi connectivity index (χ2v) is 6.19. The smallest absolute Gasteiger partial charge is 0.321 e. The molecule has 0 atom stereocenters. The Labute approximate surface area is 95.0 Å². The lowest BCUT2D eigenvalue weighted by molar-refractivity contribution is -0.113. The van der Waals surface area contributed by atoms with Gasteiger partial charge in [-0.1, -0.05) is 0 Å². The van der Waals surface area contributed by atoms with Gasteiger partial charge in [0.1, 0.15) is 5.82 Å². The topological polar surface area (TPSA) is 86.6 Å². The monoisotopic (exact) mass is 266 g/mol. The molecule has 0 aliphatic carbocycles. The van der Waals surface area contributed by atoms with E-state index < -0.39 is 20.8 Å². The predicted molar refractivity (Wildman–Crippen MR) is 60.7 cm³/mol. The van der Waals surface area contributed by atoms with Crippen LogP contribution in [0.3, 0.4) is 0 Å². The van der Waals surface area contributed by atoms with E-state index in [0.717, 1.165) is 0 Å². The molecule has 0 aliphatic rings. The van der Waals surface area contributed by atoms with E-state index in [-0.39, 0.29) is 16.1 Å². The van der Waals surface area contributed by atoms with Crippen LogP contribution in [-0.4, -0.2) is 25.0 Å². The lowest BCUT2D eigenvalue weighted by Crippen LogP contribution is -2.17. The normalized spacial score (nSPS) is 10.9. The summed E-state index contributed by atoms with van der Waals surface area (Å²) in [7, 11) is -3.76. The fraction of sp³-hybridized carbons (Fsp3) is 0.125. The standard InChI is InChI=1S/C8H8FNO4S2/c9-6-1-3-7(4-2-6)10-8(11)5-15-16(12,13)14/h1-4H,5H2,(H2-,10,11,12,13,14)/p+1. The molecule has 0 saturated carbocycles. The summed E-state index contributed by atoms with van der Waals surface area (Å²) in [6.45, 7) is 0. The second-order valence-electron chi connectivity index (χ2n) is 2.77. The Bertz CT molecular complexity index is 485. The first-order valence-electron chi connectivity index (χ1n) is 4.06. The van der Waals surface area contributed by atoms with Crippen LogP contribution in [0.25, 0.3) is 0 Å². The first-order valence-corrected chi connectivity index (χ1v) is 7.03. The van der Waals surface area contributed by atoms with Crippen LogP contribution in [0.1, 0.15) is 0 Å². The van der Waals surface area contributed by atoms with Gasteiger partial charge in [-0.15, -0.1) is 0 Å². The summed E-state index contributed by atoms with van der Waals surface area (Å²) in [4.78, 5) is 11.2. The minimum Gasteiger partial charge on any atom is -0.321 e. The maximum absolute atomic E-state index is 12.5. The quantitative estimate of drug-likeness (QED) is 0.712. The number of carbonyl (C=O) groups excluding carboxylic acids is 1. The van der Waals surface area contributed by atoms with Crippen molar-refractivity contribution in [3.63, 3.8) is 0 Å². The number of benzene rings is 1. The maximum atomic E-state index is 12.5. The van der Waals surface area contributed by atoms with E-state index in [1.165, 1.54) is 24.3 Å². The Morgan fingerprint density at radius 1 is 1.38 bits per heavy atom. The molecule has 0 bridgehead atoms. The Morgan fingerprint density at radius 3 is 2.44 bits per heavy atom. The molecule has 0 heterocycles. The van der Waals surface area contributed by atoms with Crippen molar-refractivity contribution in [2.24, 2.45) is 0 Å². The fourth-order valence-electron chi connectivity index (χ4n) is 0.861. The van der Waals surface area contributed by atoms with Crippen LogP contribution in [0.15, 0.2) is 24.3 Å². The lowest BCUT2D eigenvalue weighted by atomic mass is 10.3. The van der Waals surface area contributed by atoms with Crippen molar-refractivity contribution in [1.82, 2.24) is 0 Å². The van der Waals surface area contributed by atoms with Crippen molar-refractivity contribution in [3.05, 3.63) is 30.1 Å². The summed E-state index contributed by atoms with van der Waals surface area (Å²) >= 11 is 0. The third-order valence-corrected chi connectivity index (χ3v) is 3.43. The first kappa shape index (κ1) is 13.0. The van der Waals surface area contributed by atoms with Crippen LogP contribution in [0.2, 0.25) is 0 Å². The highest BCUT2D eigenvalue weighted by atomic mass is 32.9. The minimum atomic E-state index is -3.97. The Balaban J connectivity index is 2.59. The molecule has 0 fully saturated rings. The SMILES string of the molecule is O=C(C[S+]=S(=O)(O)O)Nc1ccc(F)cc1. The summed E-state index contributed by atoms with van der Waals surface area (Å²) in [6.07, 6.45) is 0. The molecule has 1 amide bonds. The zero-order chi connectivity index (χ0) is 12.2. The highest BCUT2D eigenvalue weighted by molar-refractivity contribution is 8.34. The van der Waals surface area contributed by atoms with Gasteiger partial charge in [0.2, 0.25) is 0 Å². The van der Waals surface area contributed by atoms with Crippen molar-refractivity contribution in [2.45, 2.75) is 0 Å². The number of halogens is 1. The van der Waals surface area contributed by atoms with Gasteiger partial charge in [0, 0.05) is 5.69 Å². The van der Waals surface area contributed by atoms with Gasteiger partial charge in [0.15, 0.2) is 0 Å². The van der Waals surface area contributed by atoms with Crippen LogP contribution < -0.4 is 5.32 Å². The third kappa shape index (κ3) is 5.12. The number of carbonyl (C=O) groups is 1. The van der Waals surface area contributed by atoms with E-state index in [1.54, 1.807) is 0 Å². The Hall–Kier alpha value is -1.09. The van der Waals surface area contributed by atoms with E-state index in [1.807, 2.05) is 0 Å². The molecule has 0 aliphatic heterocycles. The van der Waals surface area contributed by atoms with Gasteiger partial charge in [-0.25, -0.2) is 4.39 Å². The van der Waals surface area contributed by atoms with Crippen LogP contribution >= 0.6 is 0 Å². The molecular formula is C8H9FNO4S2+. The summed E-state index contributed by atoms with van der Waals surface area (Å²) in [5, 5.41) is 2.37. The molecule has 0 saturated heterocycles. The summed E-state index contributed by atoms with van der Waals surface area (Å²) in [6, 6.07) is 5.05. The van der Waals surface area contributed by atoms with Crippen LogP contribution in [0.5, 0.6) is 0 Å². The van der Waals surface area contributed by atoms with Gasteiger partial charge in [-0.3, -0.25) is 13.9 Å². The average molecular weight is 266 g/mol. The van der Waals surface area contributed by atoms with Gasteiger partial charge in [0.25, 0.3) is 11.7 Å². The molecular weight excluding hydrogens is 257 g/mol. The zero-order valence-electron chi connectivity index (χ0n) is 7.92. The van der Waals surface area contributed by atoms with Gasteiger partial charge in [-0.05, 0) is 24.3 Å². The molecule has 88 valence electrons. The molecule has 0 radical (unpaired) electrons. The Morgan fingerprint density at radius 2 is 1.94 bits per heavy atom. The number of anilines is 1. The fourth-order valence-corrected chi connectivity index (χ4v) is 1.97. The predicted octanol–water partition coefficient (Wildman–Crippen LogP) is 0.992. The van der Waals surface area contributed by atoms with E-state index in [2.05, 4.69) is 5.32 Å². The van der Waals surface area contributed by atoms with Crippen molar-refractivity contribution in [3.8, 4) is 0 Å². The summed E-state index contributed by atoms with van der Waals surface area (Å²) < 4.78 is 39.9. The molecule has 0 spiro atoms. The van der Waals surface area contributed by atoms with Gasteiger partial charge in [0.05, 0.1) is 0 Å². The van der Waals surface area contributed by atoms with Crippen LogP contribution in [0, 0.1) is 5.82 Å². The lowest BCUT2D eigenvalue weighted by Gasteiger charge is -1.99. The van der Waals surface area contributed by atoms with Crippen molar-refractivity contribution < 1.29 is 22.5 Å². The molecule has 0 aromatic heterocycles. The van der Waals surface area contributed by atoms with Crippen molar-refractivity contribution in [2.75, 3.05) is 11.1 Å². The highest BCUT2D eigenvalue weighted by Gasteiger charge is 2.15.